The predicted octanol–water partition coefficient (Wildman–Crippen LogP) is 3.55. The highest BCUT2D eigenvalue weighted by molar-refractivity contribution is 7.87. The first-order valence-corrected chi connectivity index (χ1v) is 10.2. The molecular formula is C18H28N2O2S. The van der Waals surface area contributed by atoms with Gasteiger partial charge in [-0.1, -0.05) is 49.1 Å². The Bertz CT molecular complexity index is 617. The highest BCUT2D eigenvalue weighted by Gasteiger charge is 2.37. The number of nitrogens with one attached hydrogen (secondary N) is 1. The molecule has 3 rings (SSSR count). The zero-order valence-corrected chi connectivity index (χ0v) is 15.0. The van der Waals surface area contributed by atoms with E-state index in [1.165, 1.54) is 12.0 Å². The first kappa shape index (κ1) is 16.9. The van der Waals surface area contributed by atoms with Crippen molar-refractivity contribution >= 4 is 10.2 Å². The second-order valence-corrected chi connectivity index (χ2v) is 8.92. The molecule has 5 heteroatoms. The summed E-state index contributed by atoms with van der Waals surface area (Å²) >= 11 is 0. The third-order valence-corrected chi connectivity index (χ3v) is 6.88. The van der Waals surface area contributed by atoms with E-state index in [2.05, 4.69) is 35.9 Å². The molecule has 0 amide bonds. The van der Waals surface area contributed by atoms with Crippen LogP contribution in [0.5, 0.6) is 0 Å². The lowest BCUT2D eigenvalue weighted by atomic mass is 9.96. The lowest BCUT2D eigenvalue weighted by Crippen LogP contribution is -2.46. The number of aryl methyl sites for hydroxylation is 1. The van der Waals surface area contributed by atoms with Gasteiger partial charge in [0.15, 0.2) is 0 Å². The van der Waals surface area contributed by atoms with Crippen molar-refractivity contribution < 1.29 is 8.42 Å². The van der Waals surface area contributed by atoms with E-state index in [4.69, 9.17) is 0 Å². The minimum Gasteiger partial charge on any atom is -0.195 e. The van der Waals surface area contributed by atoms with Crippen LogP contribution in [0.4, 0.5) is 0 Å². The van der Waals surface area contributed by atoms with Crippen LogP contribution in [0, 0.1) is 12.8 Å². The smallest absolute Gasteiger partial charge is 0.195 e. The SMILES string of the molecule is Cc1ccc([C@@H](NS(=O)(=O)N(C)C2CCCCC2)C2CC2)cc1. The van der Waals surface area contributed by atoms with Crippen LogP contribution in [0.15, 0.2) is 24.3 Å². The molecular weight excluding hydrogens is 308 g/mol. The number of benzene rings is 1. The molecule has 0 unspecified atom stereocenters. The molecule has 2 aliphatic carbocycles. The van der Waals surface area contributed by atoms with Crippen molar-refractivity contribution in [3.05, 3.63) is 35.4 Å². The first-order valence-electron chi connectivity index (χ1n) is 8.79. The molecule has 0 bridgehead atoms. The fourth-order valence-corrected chi connectivity index (χ4v) is 4.94. The first-order chi connectivity index (χ1) is 11.0. The molecule has 0 aliphatic heterocycles. The van der Waals surface area contributed by atoms with E-state index >= 15 is 0 Å². The van der Waals surface area contributed by atoms with Crippen LogP contribution in [0.3, 0.4) is 0 Å². The molecule has 128 valence electrons. The molecule has 23 heavy (non-hydrogen) atoms. The van der Waals surface area contributed by atoms with Crippen LogP contribution in [-0.2, 0) is 10.2 Å². The van der Waals surface area contributed by atoms with Gasteiger partial charge < -0.3 is 0 Å². The summed E-state index contributed by atoms with van der Waals surface area (Å²) in [4.78, 5) is 0. The monoisotopic (exact) mass is 336 g/mol. The summed E-state index contributed by atoms with van der Waals surface area (Å²) in [6, 6.07) is 8.29. The van der Waals surface area contributed by atoms with Crippen molar-refractivity contribution in [1.82, 2.24) is 9.03 Å². The molecule has 1 N–H and O–H groups in total. The van der Waals surface area contributed by atoms with Gasteiger partial charge in [0, 0.05) is 13.1 Å². The van der Waals surface area contributed by atoms with Crippen molar-refractivity contribution in [2.45, 2.75) is 64.0 Å². The third-order valence-electron chi connectivity index (χ3n) is 5.27. The van der Waals surface area contributed by atoms with E-state index in [1.54, 1.807) is 11.4 Å². The molecule has 2 fully saturated rings. The molecule has 0 radical (unpaired) electrons. The van der Waals surface area contributed by atoms with Crippen molar-refractivity contribution in [3.8, 4) is 0 Å². The van der Waals surface area contributed by atoms with E-state index < -0.39 is 10.2 Å². The molecule has 1 atom stereocenters. The lowest BCUT2D eigenvalue weighted by Gasteiger charge is -2.32. The standard InChI is InChI=1S/C18H28N2O2S/c1-14-8-10-15(11-9-14)18(16-12-13-16)19-23(21,22)20(2)17-6-4-3-5-7-17/h8-11,16-19H,3-7,12-13H2,1-2H3/t18-/m1/s1. The maximum Gasteiger partial charge on any atom is 0.280 e. The van der Waals surface area contributed by atoms with Gasteiger partial charge in [-0.15, -0.1) is 0 Å². The molecule has 4 nitrogen and oxygen atoms in total. The number of hydrogen-bond acceptors (Lipinski definition) is 2. The van der Waals surface area contributed by atoms with E-state index in [0.717, 1.165) is 44.1 Å². The Balaban J connectivity index is 1.74. The summed E-state index contributed by atoms with van der Waals surface area (Å²) in [6.45, 7) is 2.05. The number of hydrogen-bond donors (Lipinski definition) is 1. The number of rotatable bonds is 6. The summed E-state index contributed by atoms with van der Waals surface area (Å²) in [5, 5.41) is 0. The molecule has 1 aromatic rings. The topological polar surface area (TPSA) is 49.4 Å². The maximum atomic E-state index is 12.8. The summed E-state index contributed by atoms with van der Waals surface area (Å²) in [6.07, 6.45) is 7.67. The lowest BCUT2D eigenvalue weighted by molar-refractivity contribution is 0.280. The fraction of sp³-hybridized carbons (Fsp3) is 0.667. The Hall–Kier alpha value is -0.910. The Kier molecular flexibility index (Phi) is 5.09. The second kappa shape index (κ2) is 6.91. The minimum absolute atomic E-state index is 0.0911. The van der Waals surface area contributed by atoms with Crippen molar-refractivity contribution in [2.75, 3.05) is 7.05 Å². The maximum absolute atomic E-state index is 12.8. The average molecular weight is 337 g/mol. The van der Waals surface area contributed by atoms with Gasteiger partial charge in [0.1, 0.15) is 0 Å². The Morgan fingerprint density at radius 2 is 1.65 bits per heavy atom. The third kappa shape index (κ3) is 4.14. The molecule has 0 heterocycles. The van der Waals surface area contributed by atoms with Gasteiger partial charge in [-0.25, -0.2) is 0 Å². The summed E-state index contributed by atoms with van der Waals surface area (Å²) < 4.78 is 30.2. The van der Waals surface area contributed by atoms with Crippen molar-refractivity contribution in [2.24, 2.45) is 5.92 Å². The summed E-state index contributed by atoms with van der Waals surface area (Å²) in [7, 11) is -1.71. The van der Waals surface area contributed by atoms with Gasteiger partial charge >= 0.3 is 0 Å². The largest absolute Gasteiger partial charge is 0.280 e. The highest BCUT2D eigenvalue weighted by Crippen LogP contribution is 2.41. The Morgan fingerprint density at radius 1 is 1.04 bits per heavy atom. The molecule has 2 aliphatic rings. The van der Waals surface area contributed by atoms with Gasteiger partial charge in [0.2, 0.25) is 0 Å². The van der Waals surface area contributed by atoms with Gasteiger partial charge in [-0.2, -0.15) is 17.4 Å². The van der Waals surface area contributed by atoms with Crippen molar-refractivity contribution in [1.29, 1.82) is 0 Å². The van der Waals surface area contributed by atoms with E-state index in [-0.39, 0.29) is 12.1 Å². The second-order valence-electron chi connectivity index (χ2n) is 7.16. The molecule has 0 spiro atoms. The van der Waals surface area contributed by atoms with Crippen LogP contribution in [0.1, 0.15) is 62.1 Å². The van der Waals surface area contributed by atoms with Crippen LogP contribution >= 0.6 is 0 Å². The van der Waals surface area contributed by atoms with Crippen LogP contribution in [-0.4, -0.2) is 25.8 Å². The van der Waals surface area contributed by atoms with Gasteiger partial charge in [0.05, 0.1) is 6.04 Å². The van der Waals surface area contributed by atoms with Gasteiger partial charge in [0.25, 0.3) is 10.2 Å². The minimum atomic E-state index is -3.44. The Labute approximate surface area is 140 Å². The summed E-state index contributed by atoms with van der Waals surface area (Å²) in [5.41, 5.74) is 2.28. The fourth-order valence-electron chi connectivity index (χ4n) is 3.52. The molecule has 0 aromatic heterocycles. The van der Waals surface area contributed by atoms with E-state index in [9.17, 15) is 8.42 Å². The zero-order chi connectivity index (χ0) is 16.4. The number of nitrogens with zero attached hydrogens (tertiary/aromatic N) is 1. The van der Waals surface area contributed by atoms with Gasteiger partial charge in [-0.05, 0) is 44.1 Å². The van der Waals surface area contributed by atoms with Crippen molar-refractivity contribution in [3.63, 3.8) is 0 Å². The normalized spacial score (nSPS) is 21.5. The zero-order valence-electron chi connectivity index (χ0n) is 14.2. The summed E-state index contributed by atoms with van der Waals surface area (Å²) in [5.74, 6) is 0.437. The Morgan fingerprint density at radius 3 is 2.22 bits per heavy atom. The van der Waals surface area contributed by atoms with E-state index in [0.29, 0.717) is 5.92 Å². The molecule has 1 aromatic carbocycles. The predicted molar refractivity (Wildman–Crippen MR) is 93.3 cm³/mol. The molecule has 0 saturated heterocycles. The average Bonchev–Trinajstić information content (AvgIpc) is 3.38. The highest BCUT2D eigenvalue weighted by atomic mass is 32.2. The van der Waals surface area contributed by atoms with Gasteiger partial charge in [-0.3, -0.25) is 0 Å². The van der Waals surface area contributed by atoms with Crippen LogP contribution < -0.4 is 4.72 Å². The van der Waals surface area contributed by atoms with E-state index in [1.807, 2.05) is 0 Å². The van der Waals surface area contributed by atoms with Crippen LogP contribution in [0.2, 0.25) is 0 Å². The quantitative estimate of drug-likeness (QED) is 0.864. The van der Waals surface area contributed by atoms with Crippen LogP contribution in [0.25, 0.3) is 0 Å². The molecule has 2 saturated carbocycles.